The van der Waals surface area contributed by atoms with Gasteiger partial charge in [-0.05, 0) is 17.9 Å². The van der Waals surface area contributed by atoms with Crippen LogP contribution in [-0.2, 0) is 0 Å². The van der Waals surface area contributed by atoms with Gasteiger partial charge in [-0.1, -0.05) is 44.0 Å². The fraction of sp³-hybridized carbons (Fsp3) is 0.625. The zero-order chi connectivity index (χ0) is 16.9. The maximum Gasteiger partial charge on any atom is 0.407 e. The summed E-state index contributed by atoms with van der Waals surface area (Å²) < 4.78 is 0. The van der Waals surface area contributed by atoms with E-state index < -0.39 is 6.09 Å². The Morgan fingerprint density at radius 2 is 2.04 bits per heavy atom. The largest absolute Gasteiger partial charge is 0.465 e. The van der Waals surface area contributed by atoms with E-state index in [1.165, 1.54) is 0 Å². The monoisotopic (exact) mass is 357 g/mol. The molecular weight excluding hydrogens is 337 g/mol. The van der Waals surface area contributed by atoms with E-state index in [0.29, 0.717) is 17.5 Å². The number of nitrogens with zero attached hydrogens (tertiary/aromatic N) is 3. The molecule has 3 rings (SSSR count). The number of aromatic nitrogens is 1. The minimum absolute atomic E-state index is 0.0196. The first kappa shape index (κ1) is 16.7. The molecule has 1 N–H and O–H groups in total. The average molecular weight is 358 g/mol. The van der Waals surface area contributed by atoms with E-state index in [1.54, 1.807) is 17.2 Å². The molecule has 0 radical (unpaired) electrons. The second kappa shape index (κ2) is 5.71. The number of fused-ring (bicyclic) bond motifs is 1. The van der Waals surface area contributed by atoms with Crippen molar-refractivity contribution in [2.75, 3.05) is 18.0 Å². The summed E-state index contributed by atoms with van der Waals surface area (Å²) in [6.07, 6.45) is 1.76. The van der Waals surface area contributed by atoms with Gasteiger partial charge in [0.25, 0.3) is 0 Å². The number of amides is 1. The van der Waals surface area contributed by atoms with E-state index in [9.17, 15) is 9.90 Å². The van der Waals surface area contributed by atoms with Crippen LogP contribution in [0.2, 0.25) is 10.2 Å². The minimum Gasteiger partial charge on any atom is -0.465 e. The number of pyridine rings is 1. The fourth-order valence-electron chi connectivity index (χ4n) is 3.87. The highest BCUT2D eigenvalue weighted by Crippen LogP contribution is 2.43. The number of likely N-dealkylation sites (tertiary alicyclic amines) is 1. The van der Waals surface area contributed by atoms with Gasteiger partial charge in [0.2, 0.25) is 0 Å². The molecule has 2 fully saturated rings. The lowest BCUT2D eigenvalue weighted by molar-refractivity contribution is 0.0889. The highest BCUT2D eigenvalue weighted by Gasteiger charge is 2.51. The molecule has 1 amide bonds. The Morgan fingerprint density at radius 3 is 2.61 bits per heavy atom. The molecule has 5 nitrogen and oxygen atoms in total. The van der Waals surface area contributed by atoms with Crippen molar-refractivity contribution in [1.29, 1.82) is 0 Å². The van der Waals surface area contributed by atoms with Crippen molar-refractivity contribution in [3.05, 3.63) is 22.4 Å². The van der Waals surface area contributed by atoms with Gasteiger partial charge in [-0.15, -0.1) is 0 Å². The van der Waals surface area contributed by atoms with Gasteiger partial charge in [-0.2, -0.15) is 0 Å². The molecule has 0 bridgehead atoms. The van der Waals surface area contributed by atoms with Crippen LogP contribution in [0.15, 0.2) is 12.3 Å². The molecule has 3 heterocycles. The topological polar surface area (TPSA) is 56.7 Å². The van der Waals surface area contributed by atoms with Crippen LogP contribution < -0.4 is 4.90 Å². The van der Waals surface area contributed by atoms with Crippen molar-refractivity contribution < 1.29 is 9.90 Å². The molecule has 126 valence electrons. The molecule has 1 aromatic rings. The van der Waals surface area contributed by atoms with Crippen LogP contribution >= 0.6 is 23.2 Å². The van der Waals surface area contributed by atoms with Gasteiger partial charge in [0.05, 0.1) is 22.9 Å². The quantitative estimate of drug-likeness (QED) is 0.772. The third-order valence-electron chi connectivity index (χ3n) is 4.99. The number of carbonyl (C=O) groups is 1. The van der Waals surface area contributed by atoms with Crippen LogP contribution in [-0.4, -0.2) is 46.3 Å². The van der Waals surface area contributed by atoms with Crippen LogP contribution in [0.4, 0.5) is 10.5 Å². The highest BCUT2D eigenvalue weighted by molar-refractivity contribution is 6.41. The average Bonchev–Trinajstić information content (AvgIpc) is 2.97. The normalized spacial score (nSPS) is 27.4. The molecule has 1 unspecified atom stereocenters. The lowest BCUT2D eigenvalue weighted by atomic mass is 9.84. The molecule has 2 aliphatic rings. The second-order valence-corrected chi connectivity index (χ2v) is 8.27. The van der Waals surface area contributed by atoms with Crippen LogP contribution in [0.3, 0.4) is 0 Å². The van der Waals surface area contributed by atoms with Crippen molar-refractivity contribution in [1.82, 2.24) is 9.88 Å². The Hall–Kier alpha value is -1.20. The van der Waals surface area contributed by atoms with E-state index in [0.717, 1.165) is 18.7 Å². The summed E-state index contributed by atoms with van der Waals surface area (Å²) in [5, 5.41) is 10.4. The maximum atomic E-state index is 11.8. The highest BCUT2D eigenvalue weighted by atomic mass is 35.5. The Morgan fingerprint density at radius 1 is 1.35 bits per heavy atom. The van der Waals surface area contributed by atoms with Crippen LogP contribution in [0.5, 0.6) is 0 Å². The smallest absolute Gasteiger partial charge is 0.407 e. The molecular formula is C16H21Cl2N3O2. The Bertz CT molecular complexity index is 632. The molecule has 1 aromatic heterocycles. The third kappa shape index (κ3) is 2.96. The van der Waals surface area contributed by atoms with E-state index in [2.05, 4.69) is 30.7 Å². The maximum absolute atomic E-state index is 11.8. The number of hydrogen-bond donors (Lipinski definition) is 1. The van der Waals surface area contributed by atoms with Crippen molar-refractivity contribution in [2.24, 2.45) is 11.3 Å². The Labute approximate surface area is 146 Å². The zero-order valence-corrected chi connectivity index (χ0v) is 15.0. The van der Waals surface area contributed by atoms with Crippen molar-refractivity contribution in [2.45, 2.75) is 39.3 Å². The summed E-state index contributed by atoms with van der Waals surface area (Å²) in [6, 6.07) is 1.87. The first-order valence-corrected chi connectivity index (χ1v) is 8.51. The SMILES string of the molecule is CC(C)(C)C1C[C@H]2CN(c3cnc(Cl)c(Cl)c3)C[C@H]2N1C(=O)O. The van der Waals surface area contributed by atoms with Gasteiger partial charge in [0.15, 0.2) is 0 Å². The first-order chi connectivity index (χ1) is 10.7. The third-order valence-corrected chi connectivity index (χ3v) is 5.68. The minimum atomic E-state index is -0.827. The number of anilines is 1. The van der Waals surface area contributed by atoms with Gasteiger partial charge < -0.3 is 10.0 Å². The van der Waals surface area contributed by atoms with Crippen LogP contribution in [0, 0.1) is 11.3 Å². The van der Waals surface area contributed by atoms with Gasteiger partial charge in [-0.25, -0.2) is 9.78 Å². The summed E-state index contributed by atoms with van der Waals surface area (Å²) in [4.78, 5) is 19.7. The lowest BCUT2D eigenvalue weighted by Crippen LogP contribution is -2.48. The Balaban J connectivity index is 1.82. The molecule has 0 aromatic carbocycles. The van der Waals surface area contributed by atoms with Crippen molar-refractivity contribution in [3.63, 3.8) is 0 Å². The van der Waals surface area contributed by atoms with Crippen molar-refractivity contribution in [3.8, 4) is 0 Å². The standard InChI is InChI=1S/C16H21Cl2N3O2/c1-16(2,3)13-4-9-7-20(8-12(9)21(13)15(22)23)10-5-11(17)14(18)19-6-10/h5-6,9,12-13H,4,7-8H2,1-3H3,(H,22,23)/t9-,12+,13?/m0/s1. The molecule has 2 saturated heterocycles. The number of hydrogen-bond acceptors (Lipinski definition) is 3. The van der Waals surface area contributed by atoms with E-state index >= 15 is 0 Å². The molecule has 0 spiro atoms. The van der Waals surface area contributed by atoms with E-state index in [-0.39, 0.29) is 22.7 Å². The molecule has 0 aliphatic carbocycles. The summed E-state index contributed by atoms with van der Waals surface area (Å²) in [5.41, 5.74) is 0.838. The molecule has 3 atom stereocenters. The fourth-order valence-corrected chi connectivity index (χ4v) is 4.14. The Kier molecular flexibility index (Phi) is 4.13. The molecule has 7 heteroatoms. The van der Waals surface area contributed by atoms with E-state index in [1.807, 2.05) is 0 Å². The zero-order valence-electron chi connectivity index (χ0n) is 13.5. The summed E-state index contributed by atoms with van der Waals surface area (Å²) in [6.45, 7) is 7.81. The first-order valence-electron chi connectivity index (χ1n) is 7.75. The number of carboxylic acid groups (broad SMARTS) is 1. The predicted molar refractivity (Wildman–Crippen MR) is 91.5 cm³/mol. The predicted octanol–water partition coefficient (Wildman–Crippen LogP) is 3.99. The van der Waals surface area contributed by atoms with Gasteiger partial charge in [0.1, 0.15) is 5.15 Å². The summed E-state index contributed by atoms with van der Waals surface area (Å²) in [5.74, 6) is 0.338. The summed E-state index contributed by atoms with van der Waals surface area (Å²) >= 11 is 11.9. The van der Waals surface area contributed by atoms with Crippen molar-refractivity contribution >= 4 is 35.0 Å². The molecule has 23 heavy (non-hydrogen) atoms. The lowest BCUT2D eigenvalue weighted by Gasteiger charge is -2.36. The van der Waals surface area contributed by atoms with Gasteiger partial charge in [0, 0.05) is 25.0 Å². The van der Waals surface area contributed by atoms with Crippen LogP contribution in [0.1, 0.15) is 27.2 Å². The van der Waals surface area contributed by atoms with Gasteiger partial charge in [-0.3, -0.25) is 4.90 Å². The molecule has 0 saturated carbocycles. The van der Waals surface area contributed by atoms with Gasteiger partial charge >= 0.3 is 6.09 Å². The number of rotatable bonds is 1. The van der Waals surface area contributed by atoms with Crippen LogP contribution in [0.25, 0.3) is 0 Å². The number of halogens is 2. The molecule has 2 aliphatic heterocycles. The summed E-state index contributed by atoms with van der Waals surface area (Å²) in [7, 11) is 0. The van der Waals surface area contributed by atoms with E-state index in [4.69, 9.17) is 23.2 Å². The second-order valence-electron chi connectivity index (χ2n) is 7.51.